The van der Waals surface area contributed by atoms with Crippen molar-refractivity contribution in [3.63, 3.8) is 0 Å². The average molecular weight is 308 g/mol. The zero-order valence-electron chi connectivity index (χ0n) is 10.5. The number of benzene rings is 1. The molecule has 1 heterocycles. The van der Waals surface area contributed by atoms with Gasteiger partial charge in [0.2, 0.25) is 0 Å². The van der Waals surface area contributed by atoms with E-state index in [-0.39, 0.29) is 21.3 Å². The van der Waals surface area contributed by atoms with Crippen molar-refractivity contribution in [1.29, 1.82) is 5.26 Å². The van der Waals surface area contributed by atoms with Gasteiger partial charge in [-0.3, -0.25) is 4.72 Å². The second-order valence-corrected chi connectivity index (χ2v) is 6.14. The predicted molar refractivity (Wildman–Crippen MR) is 75.9 cm³/mol. The van der Waals surface area contributed by atoms with Crippen molar-refractivity contribution in [1.82, 2.24) is 4.98 Å². The van der Waals surface area contributed by atoms with E-state index in [1.54, 1.807) is 13.0 Å². The maximum atomic E-state index is 12.2. The Labute approximate surface area is 121 Å². The van der Waals surface area contributed by atoms with Crippen molar-refractivity contribution in [3.8, 4) is 6.07 Å². The number of nitriles is 1. The summed E-state index contributed by atoms with van der Waals surface area (Å²) in [6.07, 6.45) is 1.54. The molecular weight excluding hydrogens is 298 g/mol. The summed E-state index contributed by atoms with van der Waals surface area (Å²) in [5.41, 5.74) is 1.24. The molecule has 0 fully saturated rings. The van der Waals surface area contributed by atoms with Crippen molar-refractivity contribution < 1.29 is 8.42 Å². The summed E-state index contributed by atoms with van der Waals surface area (Å²) >= 11 is 5.86. The van der Waals surface area contributed by atoms with Crippen LogP contribution >= 0.6 is 11.6 Å². The second-order valence-electron chi connectivity index (χ2n) is 4.10. The van der Waals surface area contributed by atoms with E-state index in [2.05, 4.69) is 9.71 Å². The Balaban J connectivity index is 2.41. The Morgan fingerprint density at radius 2 is 2.10 bits per heavy atom. The summed E-state index contributed by atoms with van der Waals surface area (Å²) < 4.78 is 26.8. The molecule has 2 rings (SSSR count). The van der Waals surface area contributed by atoms with Gasteiger partial charge in [-0.15, -0.1) is 0 Å². The molecule has 0 aliphatic heterocycles. The molecule has 0 spiro atoms. The van der Waals surface area contributed by atoms with Crippen molar-refractivity contribution in [2.75, 3.05) is 4.72 Å². The topological polar surface area (TPSA) is 82.8 Å². The van der Waals surface area contributed by atoms with E-state index >= 15 is 0 Å². The SMILES string of the molecule is Cc1cnc(Cl)c(NS(=O)(=O)c2cccc(C#N)c2)c1. The van der Waals surface area contributed by atoms with Crippen LogP contribution in [-0.4, -0.2) is 13.4 Å². The monoisotopic (exact) mass is 307 g/mol. The van der Waals surface area contributed by atoms with Crippen molar-refractivity contribution >= 4 is 27.3 Å². The summed E-state index contributed by atoms with van der Waals surface area (Å²) in [6, 6.07) is 9.20. The van der Waals surface area contributed by atoms with Gasteiger partial charge < -0.3 is 0 Å². The molecule has 5 nitrogen and oxygen atoms in total. The number of aromatic nitrogens is 1. The van der Waals surface area contributed by atoms with Crippen molar-refractivity contribution in [2.45, 2.75) is 11.8 Å². The van der Waals surface area contributed by atoms with Crippen LogP contribution in [0.25, 0.3) is 0 Å². The Hall–Kier alpha value is -2.10. The third-order valence-corrected chi connectivity index (χ3v) is 4.16. The van der Waals surface area contributed by atoms with Gasteiger partial charge in [-0.2, -0.15) is 5.26 Å². The number of pyridine rings is 1. The molecule has 20 heavy (non-hydrogen) atoms. The zero-order chi connectivity index (χ0) is 14.8. The van der Waals surface area contributed by atoms with E-state index in [9.17, 15) is 8.42 Å². The first kappa shape index (κ1) is 14.3. The lowest BCUT2D eigenvalue weighted by atomic mass is 10.2. The predicted octanol–water partition coefficient (Wildman–Crippen LogP) is 2.72. The lowest BCUT2D eigenvalue weighted by Crippen LogP contribution is -2.13. The van der Waals surface area contributed by atoms with Gasteiger partial charge >= 0.3 is 0 Å². The molecule has 0 aliphatic rings. The Morgan fingerprint density at radius 3 is 2.80 bits per heavy atom. The largest absolute Gasteiger partial charge is 0.276 e. The fourth-order valence-electron chi connectivity index (χ4n) is 1.56. The lowest BCUT2D eigenvalue weighted by molar-refractivity contribution is 0.601. The number of hydrogen-bond donors (Lipinski definition) is 1. The van der Waals surface area contributed by atoms with Crippen LogP contribution in [0.3, 0.4) is 0 Å². The first-order valence-corrected chi connectivity index (χ1v) is 7.43. The first-order chi connectivity index (χ1) is 9.42. The minimum atomic E-state index is -3.81. The van der Waals surface area contributed by atoms with Crippen LogP contribution in [0, 0.1) is 18.3 Å². The molecule has 0 bridgehead atoms. The minimum absolute atomic E-state index is 0.00544. The third kappa shape index (κ3) is 3.07. The fraction of sp³-hybridized carbons (Fsp3) is 0.0769. The van der Waals surface area contributed by atoms with E-state index in [0.717, 1.165) is 5.56 Å². The molecule has 2 aromatic rings. The third-order valence-electron chi connectivity index (χ3n) is 2.49. The second kappa shape index (κ2) is 5.49. The average Bonchev–Trinajstić information content (AvgIpc) is 2.43. The van der Waals surface area contributed by atoms with Gasteiger partial charge in [0, 0.05) is 6.20 Å². The number of rotatable bonds is 3. The molecule has 0 radical (unpaired) electrons. The fourth-order valence-corrected chi connectivity index (χ4v) is 2.87. The van der Waals surface area contributed by atoms with Crippen LogP contribution in [0.1, 0.15) is 11.1 Å². The Kier molecular flexibility index (Phi) is 3.93. The van der Waals surface area contributed by atoms with Gasteiger partial charge in [-0.25, -0.2) is 13.4 Å². The summed E-state index contributed by atoms with van der Waals surface area (Å²) in [7, 11) is -3.81. The number of sulfonamides is 1. The van der Waals surface area contributed by atoms with Crippen LogP contribution in [0.4, 0.5) is 5.69 Å². The van der Waals surface area contributed by atoms with E-state index in [4.69, 9.17) is 16.9 Å². The molecule has 0 aliphatic carbocycles. The maximum Gasteiger partial charge on any atom is 0.262 e. The Bertz CT molecular complexity index is 798. The molecule has 0 saturated heterocycles. The van der Waals surface area contributed by atoms with E-state index in [1.807, 2.05) is 6.07 Å². The quantitative estimate of drug-likeness (QED) is 0.884. The van der Waals surface area contributed by atoms with Crippen molar-refractivity contribution in [2.24, 2.45) is 0 Å². The van der Waals surface area contributed by atoms with E-state index in [1.165, 1.54) is 30.5 Å². The highest BCUT2D eigenvalue weighted by Crippen LogP contribution is 2.23. The van der Waals surface area contributed by atoms with Crippen LogP contribution in [0.5, 0.6) is 0 Å². The molecule has 0 amide bonds. The van der Waals surface area contributed by atoms with Crippen LogP contribution in [0.2, 0.25) is 5.15 Å². The van der Waals surface area contributed by atoms with E-state index < -0.39 is 10.0 Å². The maximum absolute atomic E-state index is 12.2. The van der Waals surface area contributed by atoms with Crippen molar-refractivity contribution in [3.05, 3.63) is 52.8 Å². The summed E-state index contributed by atoms with van der Waals surface area (Å²) in [4.78, 5) is 3.87. The molecule has 0 atom stereocenters. The van der Waals surface area contributed by atoms with Crippen LogP contribution in [-0.2, 0) is 10.0 Å². The number of nitrogens with one attached hydrogen (secondary N) is 1. The molecule has 7 heteroatoms. The molecule has 1 N–H and O–H groups in total. The number of aryl methyl sites for hydroxylation is 1. The molecule has 0 unspecified atom stereocenters. The minimum Gasteiger partial charge on any atom is -0.276 e. The smallest absolute Gasteiger partial charge is 0.262 e. The number of anilines is 1. The standard InChI is InChI=1S/C13H10ClN3O2S/c1-9-5-12(13(14)16-8-9)17-20(18,19)11-4-2-3-10(6-11)7-15/h2-6,8,17H,1H3. The van der Waals surface area contributed by atoms with Gasteiger partial charge in [0.05, 0.1) is 22.2 Å². The number of hydrogen-bond acceptors (Lipinski definition) is 4. The zero-order valence-corrected chi connectivity index (χ0v) is 12.0. The molecule has 0 saturated carbocycles. The first-order valence-electron chi connectivity index (χ1n) is 5.57. The highest BCUT2D eigenvalue weighted by molar-refractivity contribution is 7.92. The highest BCUT2D eigenvalue weighted by Gasteiger charge is 2.16. The van der Waals surface area contributed by atoms with Crippen LogP contribution < -0.4 is 4.72 Å². The molecular formula is C13H10ClN3O2S. The number of nitrogens with zero attached hydrogens (tertiary/aromatic N) is 2. The van der Waals surface area contributed by atoms with Gasteiger partial charge in [-0.1, -0.05) is 17.7 Å². The summed E-state index contributed by atoms with van der Waals surface area (Å²) in [6.45, 7) is 1.78. The summed E-state index contributed by atoms with van der Waals surface area (Å²) in [5, 5.41) is 8.87. The van der Waals surface area contributed by atoms with Gasteiger partial charge in [0.25, 0.3) is 10.0 Å². The van der Waals surface area contributed by atoms with E-state index in [0.29, 0.717) is 0 Å². The molecule has 1 aromatic heterocycles. The summed E-state index contributed by atoms with van der Waals surface area (Å²) in [5.74, 6) is 0. The number of halogens is 1. The molecule has 102 valence electrons. The highest BCUT2D eigenvalue weighted by atomic mass is 35.5. The van der Waals surface area contributed by atoms with Gasteiger partial charge in [-0.05, 0) is 36.8 Å². The van der Waals surface area contributed by atoms with Gasteiger partial charge in [0.1, 0.15) is 0 Å². The van der Waals surface area contributed by atoms with Crippen LogP contribution in [0.15, 0.2) is 41.4 Å². The lowest BCUT2D eigenvalue weighted by Gasteiger charge is -2.09. The van der Waals surface area contributed by atoms with Gasteiger partial charge in [0.15, 0.2) is 5.15 Å². The Morgan fingerprint density at radius 1 is 1.35 bits per heavy atom. The normalized spacial score (nSPS) is 10.8. The molecule has 1 aromatic carbocycles.